The van der Waals surface area contributed by atoms with Crippen molar-refractivity contribution in [3.05, 3.63) is 100 Å². The molecule has 0 atom stereocenters. The van der Waals surface area contributed by atoms with Crippen LogP contribution in [0.15, 0.2) is 78.1 Å². The van der Waals surface area contributed by atoms with Gasteiger partial charge in [0.1, 0.15) is 0 Å². The normalized spacial score (nSPS) is 12.6. The largest absolute Gasteiger partial charge is 0.324 e. The Hall–Kier alpha value is -4.59. The molecule has 166 valence electrons. The van der Waals surface area contributed by atoms with Crippen molar-refractivity contribution in [3.8, 4) is 11.4 Å². The molecule has 0 saturated heterocycles. The smallest absolute Gasteiger partial charge is 0.229 e. The van der Waals surface area contributed by atoms with Gasteiger partial charge in [-0.05, 0) is 72.9 Å². The predicted molar refractivity (Wildman–Crippen MR) is 129 cm³/mol. The van der Waals surface area contributed by atoms with E-state index in [2.05, 4.69) is 32.5 Å². The summed E-state index contributed by atoms with van der Waals surface area (Å²) in [5.74, 6) is 0.354. The lowest BCUT2D eigenvalue weighted by Gasteiger charge is -2.14. The van der Waals surface area contributed by atoms with Gasteiger partial charge in [-0.15, -0.1) is 0 Å². The van der Waals surface area contributed by atoms with Crippen LogP contribution in [0.3, 0.4) is 0 Å². The van der Waals surface area contributed by atoms with Crippen LogP contribution < -0.4 is 10.7 Å². The number of hydrogen-bond acceptors (Lipinski definition) is 6. The van der Waals surface area contributed by atoms with Crippen molar-refractivity contribution in [1.29, 1.82) is 0 Å². The van der Waals surface area contributed by atoms with Crippen molar-refractivity contribution in [3.63, 3.8) is 0 Å². The third-order valence-corrected chi connectivity index (χ3v) is 6.15. The Balaban J connectivity index is 1.42. The number of pyridine rings is 1. The zero-order valence-electron chi connectivity index (χ0n) is 18.2. The van der Waals surface area contributed by atoms with Gasteiger partial charge in [-0.2, -0.15) is 10.1 Å². The summed E-state index contributed by atoms with van der Waals surface area (Å²) in [6, 6.07) is 15.8. The second-order valence-electron chi connectivity index (χ2n) is 8.26. The molecule has 6 rings (SSSR count). The van der Waals surface area contributed by atoms with E-state index < -0.39 is 0 Å². The highest BCUT2D eigenvalue weighted by molar-refractivity contribution is 5.85. The Kier molecular flexibility index (Phi) is 4.76. The Morgan fingerprint density at radius 3 is 2.62 bits per heavy atom. The summed E-state index contributed by atoms with van der Waals surface area (Å²) in [6.07, 6.45) is 10.5. The standard InChI is InChI=1S/C26H20N6O2/c33-16-19-15-31(22-8-5-17-3-1-4-18(17)13-22)25-23(24(19)34)14-27-26(30-25)29-20-6-9-21(10-7-20)32-12-2-11-28-32/h2,5-16H,1,3-4H2,(H,27,29,30). The average Bonchev–Trinajstić information content (AvgIpc) is 3.57. The lowest BCUT2D eigenvalue weighted by Crippen LogP contribution is -2.16. The number of aldehydes is 1. The fourth-order valence-electron chi connectivity index (χ4n) is 4.43. The van der Waals surface area contributed by atoms with Gasteiger partial charge < -0.3 is 9.88 Å². The third-order valence-electron chi connectivity index (χ3n) is 6.15. The zero-order chi connectivity index (χ0) is 23.1. The summed E-state index contributed by atoms with van der Waals surface area (Å²) in [5, 5.41) is 7.73. The number of nitrogens with one attached hydrogen (secondary N) is 1. The Morgan fingerprint density at radius 1 is 1.00 bits per heavy atom. The van der Waals surface area contributed by atoms with Gasteiger partial charge in [0.25, 0.3) is 0 Å². The predicted octanol–water partition coefficient (Wildman–Crippen LogP) is 4.01. The molecule has 2 aromatic carbocycles. The first kappa shape index (κ1) is 20.0. The van der Waals surface area contributed by atoms with Gasteiger partial charge in [0.15, 0.2) is 11.9 Å². The fourth-order valence-corrected chi connectivity index (χ4v) is 4.43. The van der Waals surface area contributed by atoms with E-state index in [1.165, 1.54) is 17.3 Å². The molecule has 0 saturated carbocycles. The van der Waals surface area contributed by atoms with E-state index in [4.69, 9.17) is 0 Å². The van der Waals surface area contributed by atoms with Crippen LogP contribution in [0.25, 0.3) is 22.4 Å². The van der Waals surface area contributed by atoms with E-state index in [-0.39, 0.29) is 11.0 Å². The van der Waals surface area contributed by atoms with E-state index in [0.717, 1.165) is 36.3 Å². The van der Waals surface area contributed by atoms with Crippen LogP contribution in [-0.4, -0.2) is 30.6 Å². The molecule has 0 bridgehead atoms. The third kappa shape index (κ3) is 3.45. The molecule has 3 aromatic heterocycles. The molecule has 0 spiro atoms. The molecule has 8 heteroatoms. The Bertz CT molecular complexity index is 1590. The molecule has 0 fully saturated rings. The van der Waals surface area contributed by atoms with Crippen molar-refractivity contribution in [1.82, 2.24) is 24.3 Å². The minimum Gasteiger partial charge on any atom is -0.324 e. The molecular formula is C26H20N6O2. The van der Waals surface area contributed by atoms with Crippen LogP contribution >= 0.6 is 0 Å². The Morgan fingerprint density at radius 2 is 1.82 bits per heavy atom. The van der Waals surface area contributed by atoms with Gasteiger partial charge in [0, 0.05) is 36.2 Å². The second kappa shape index (κ2) is 8.08. The molecule has 1 N–H and O–H groups in total. The zero-order valence-corrected chi connectivity index (χ0v) is 18.2. The number of aryl methyl sites for hydroxylation is 2. The van der Waals surface area contributed by atoms with Gasteiger partial charge in [0.05, 0.1) is 16.6 Å². The highest BCUT2D eigenvalue weighted by Crippen LogP contribution is 2.26. The lowest BCUT2D eigenvalue weighted by atomic mass is 10.1. The maximum atomic E-state index is 12.8. The van der Waals surface area contributed by atoms with Crippen LogP contribution in [0, 0.1) is 0 Å². The van der Waals surface area contributed by atoms with Crippen LogP contribution in [-0.2, 0) is 12.8 Å². The van der Waals surface area contributed by atoms with Crippen molar-refractivity contribution in [2.75, 3.05) is 5.32 Å². The molecular weight excluding hydrogens is 428 g/mol. The molecule has 1 aliphatic rings. The molecule has 3 heterocycles. The van der Waals surface area contributed by atoms with Crippen molar-refractivity contribution in [2.24, 2.45) is 0 Å². The lowest BCUT2D eigenvalue weighted by molar-refractivity contribution is 0.112. The summed E-state index contributed by atoms with van der Waals surface area (Å²) in [4.78, 5) is 33.4. The van der Waals surface area contributed by atoms with Crippen molar-refractivity contribution in [2.45, 2.75) is 19.3 Å². The Labute approximate surface area is 194 Å². The number of benzene rings is 2. The van der Waals surface area contributed by atoms with Crippen molar-refractivity contribution >= 4 is 29.0 Å². The van der Waals surface area contributed by atoms with E-state index >= 15 is 0 Å². The van der Waals surface area contributed by atoms with Gasteiger partial charge >= 0.3 is 0 Å². The summed E-state index contributed by atoms with van der Waals surface area (Å²) in [5.41, 5.74) is 5.38. The van der Waals surface area contributed by atoms with Gasteiger partial charge in [-0.3, -0.25) is 9.59 Å². The fraction of sp³-hybridized carbons (Fsp3) is 0.115. The molecule has 8 nitrogen and oxygen atoms in total. The first-order chi connectivity index (χ1) is 16.7. The quantitative estimate of drug-likeness (QED) is 0.408. The first-order valence-corrected chi connectivity index (χ1v) is 11.1. The minimum absolute atomic E-state index is 0.0755. The SMILES string of the molecule is O=Cc1cn(-c2ccc3c(c2)CCC3)c2nc(Nc3ccc(-n4cccn4)cc3)ncc2c1=O. The number of nitrogens with zero attached hydrogens (tertiary/aromatic N) is 5. The van der Waals surface area contributed by atoms with Gasteiger partial charge in [-0.1, -0.05) is 6.07 Å². The number of carbonyl (C=O) groups is 1. The molecule has 34 heavy (non-hydrogen) atoms. The van der Waals surface area contributed by atoms with E-state index in [1.54, 1.807) is 21.6 Å². The van der Waals surface area contributed by atoms with Crippen LogP contribution in [0.5, 0.6) is 0 Å². The summed E-state index contributed by atoms with van der Waals surface area (Å²) < 4.78 is 3.57. The first-order valence-electron chi connectivity index (χ1n) is 11.1. The topological polar surface area (TPSA) is 94.7 Å². The monoisotopic (exact) mass is 448 g/mol. The van der Waals surface area contributed by atoms with E-state index in [0.29, 0.717) is 23.3 Å². The number of rotatable bonds is 5. The maximum absolute atomic E-state index is 12.8. The summed E-state index contributed by atoms with van der Waals surface area (Å²) in [6.45, 7) is 0. The summed E-state index contributed by atoms with van der Waals surface area (Å²) >= 11 is 0. The highest BCUT2D eigenvalue weighted by Gasteiger charge is 2.16. The van der Waals surface area contributed by atoms with Crippen LogP contribution in [0.4, 0.5) is 11.6 Å². The van der Waals surface area contributed by atoms with Gasteiger partial charge in [0.2, 0.25) is 11.4 Å². The molecule has 0 unspecified atom stereocenters. The van der Waals surface area contributed by atoms with Crippen LogP contribution in [0.2, 0.25) is 0 Å². The number of anilines is 2. The van der Waals surface area contributed by atoms with Crippen LogP contribution in [0.1, 0.15) is 27.9 Å². The number of fused-ring (bicyclic) bond motifs is 2. The van der Waals surface area contributed by atoms with Gasteiger partial charge in [-0.25, -0.2) is 9.67 Å². The minimum atomic E-state index is -0.377. The van der Waals surface area contributed by atoms with E-state index in [1.807, 2.05) is 42.6 Å². The number of aromatic nitrogens is 5. The molecule has 0 amide bonds. The number of carbonyl (C=O) groups excluding carboxylic acids is 1. The number of hydrogen-bond donors (Lipinski definition) is 1. The molecule has 0 radical (unpaired) electrons. The average molecular weight is 448 g/mol. The maximum Gasteiger partial charge on any atom is 0.229 e. The molecule has 1 aliphatic carbocycles. The molecule has 0 aliphatic heterocycles. The van der Waals surface area contributed by atoms with Crippen molar-refractivity contribution < 1.29 is 4.79 Å². The second-order valence-corrected chi connectivity index (χ2v) is 8.26. The summed E-state index contributed by atoms with van der Waals surface area (Å²) in [7, 11) is 0. The molecule has 5 aromatic rings. The van der Waals surface area contributed by atoms with E-state index in [9.17, 15) is 9.59 Å². The highest BCUT2D eigenvalue weighted by atomic mass is 16.1.